The van der Waals surface area contributed by atoms with Gasteiger partial charge in [0.1, 0.15) is 5.82 Å². The van der Waals surface area contributed by atoms with Gasteiger partial charge in [-0.1, -0.05) is 18.2 Å². The van der Waals surface area contributed by atoms with Gasteiger partial charge in [0.25, 0.3) is 0 Å². The van der Waals surface area contributed by atoms with Crippen LogP contribution < -0.4 is 10.2 Å². The molecule has 2 aromatic rings. The molecular weight excluding hydrogens is 314 g/mol. The number of hydrogen-bond acceptors (Lipinski definition) is 4. The fourth-order valence-corrected chi connectivity index (χ4v) is 3.94. The summed E-state index contributed by atoms with van der Waals surface area (Å²) < 4.78 is 2.05. The number of nitrogens with zero attached hydrogens (tertiary/aromatic N) is 4. The number of imidazole rings is 1. The molecule has 4 rings (SSSR count). The molecule has 0 bridgehead atoms. The Morgan fingerprint density at radius 3 is 3.04 bits per heavy atom. The molecular formula is C19H25N5O. The van der Waals surface area contributed by atoms with Crippen molar-refractivity contribution >= 4 is 11.6 Å². The summed E-state index contributed by atoms with van der Waals surface area (Å²) in [4.78, 5) is 21.8. The quantitative estimate of drug-likeness (QED) is 0.917. The lowest BCUT2D eigenvalue weighted by atomic mass is 10.0. The maximum Gasteiger partial charge on any atom is 0.241 e. The zero-order chi connectivity index (χ0) is 17.2. The second kappa shape index (κ2) is 6.98. The molecule has 3 heterocycles. The van der Waals surface area contributed by atoms with Crippen molar-refractivity contribution in [2.75, 3.05) is 37.6 Å². The van der Waals surface area contributed by atoms with Gasteiger partial charge in [-0.15, -0.1) is 0 Å². The fourth-order valence-electron chi connectivity index (χ4n) is 3.94. The molecule has 1 unspecified atom stereocenters. The van der Waals surface area contributed by atoms with E-state index in [9.17, 15) is 4.79 Å². The molecule has 6 nitrogen and oxygen atoms in total. The second-order valence-electron chi connectivity index (χ2n) is 6.86. The summed E-state index contributed by atoms with van der Waals surface area (Å²) in [6.45, 7) is 3.85. The van der Waals surface area contributed by atoms with E-state index in [-0.39, 0.29) is 11.9 Å². The molecule has 0 saturated carbocycles. The molecule has 1 N–H and O–H groups in total. The van der Waals surface area contributed by atoms with Crippen LogP contribution in [0.3, 0.4) is 0 Å². The predicted octanol–water partition coefficient (Wildman–Crippen LogP) is 1.35. The molecule has 2 aliphatic heterocycles. The van der Waals surface area contributed by atoms with E-state index in [1.807, 2.05) is 35.0 Å². The molecule has 1 aromatic carbocycles. The summed E-state index contributed by atoms with van der Waals surface area (Å²) in [5.74, 6) is 1.20. The van der Waals surface area contributed by atoms with Crippen molar-refractivity contribution in [3.63, 3.8) is 0 Å². The van der Waals surface area contributed by atoms with Gasteiger partial charge in [-0.05, 0) is 24.5 Å². The second-order valence-corrected chi connectivity index (χ2v) is 6.86. The monoisotopic (exact) mass is 339 g/mol. The third-order valence-corrected chi connectivity index (χ3v) is 5.26. The minimum Gasteiger partial charge on any atom is -0.337 e. The first-order chi connectivity index (χ1) is 12.2. The van der Waals surface area contributed by atoms with Crippen LogP contribution in [0.1, 0.15) is 23.9 Å². The van der Waals surface area contributed by atoms with Crippen molar-refractivity contribution in [3.8, 4) is 0 Å². The Labute approximate surface area is 148 Å². The highest BCUT2D eigenvalue weighted by Gasteiger charge is 2.30. The van der Waals surface area contributed by atoms with Crippen LogP contribution in [0, 0.1) is 0 Å². The van der Waals surface area contributed by atoms with E-state index in [1.54, 1.807) is 0 Å². The van der Waals surface area contributed by atoms with Crippen molar-refractivity contribution in [2.24, 2.45) is 7.05 Å². The number of anilines is 1. The minimum absolute atomic E-state index is 0.137. The molecule has 0 spiro atoms. The number of benzene rings is 1. The Hall–Kier alpha value is -2.18. The molecule has 0 radical (unpaired) electrons. The van der Waals surface area contributed by atoms with Crippen molar-refractivity contribution in [1.29, 1.82) is 0 Å². The van der Waals surface area contributed by atoms with E-state index in [2.05, 4.69) is 33.4 Å². The van der Waals surface area contributed by atoms with Gasteiger partial charge in [-0.2, -0.15) is 0 Å². The normalized spacial score (nSPS) is 21.2. The van der Waals surface area contributed by atoms with Gasteiger partial charge < -0.3 is 14.8 Å². The van der Waals surface area contributed by atoms with Crippen molar-refractivity contribution in [3.05, 3.63) is 48.0 Å². The summed E-state index contributed by atoms with van der Waals surface area (Å²) in [6.07, 6.45) is 5.88. The van der Waals surface area contributed by atoms with Crippen LogP contribution in [0.15, 0.2) is 36.7 Å². The van der Waals surface area contributed by atoms with E-state index in [4.69, 9.17) is 0 Å². The van der Waals surface area contributed by atoms with Gasteiger partial charge in [-0.3, -0.25) is 9.69 Å². The van der Waals surface area contributed by atoms with Crippen LogP contribution in [-0.4, -0.2) is 53.1 Å². The number of carbonyl (C=O) groups excluding carboxylic acids is 1. The van der Waals surface area contributed by atoms with Crippen molar-refractivity contribution in [1.82, 2.24) is 19.8 Å². The largest absolute Gasteiger partial charge is 0.337 e. The van der Waals surface area contributed by atoms with Crippen LogP contribution in [0.5, 0.6) is 0 Å². The molecule has 2 aliphatic rings. The Kier molecular flexibility index (Phi) is 4.55. The van der Waals surface area contributed by atoms with Crippen molar-refractivity contribution < 1.29 is 4.79 Å². The van der Waals surface area contributed by atoms with E-state index in [0.717, 1.165) is 50.5 Å². The standard InChI is InChI=1S/C19H25N5O/c1-22-11-9-21-19(22)17-13-20-8-12-23(17)14-18(25)24-10-4-6-15-5-2-3-7-16(15)24/h2-3,5,7,9,11,17,20H,4,6,8,10,12-14H2,1H3. The van der Waals surface area contributed by atoms with Crippen LogP contribution in [0.4, 0.5) is 5.69 Å². The lowest BCUT2D eigenvalue weighted by Gasteiger charge is -2.37. The summed E-state index contributed by atoms with van der Waals surface area (Å²) in [5.41, 5.74) is 2.37. The molecule has 25 heavy (non-hydrogen) atoms. The lowest BCUT2D eigenvalue weighted by molar-refractivity contribution is -0.120. The third-order valence-electron chi connectivity index (χ3n) is 5.26. The fraction of sp³-hybridized carbons (Fsp3) is 0.474. The van der Waals surface area contributed by atoms with Gasteiger partial charge in [0, 0.05) is 51.3 Å². The zero-order valence-electron chi connectivity index (χ0n) is 14.7. The molecule has 1 aromatic heterocycles. The molecule has 1 saturated heterocycles. The maximum atomic E-state index is 13.1. The highest BCUT2D eigenvalue weighted by molar-refractivity contribution is 5.96. The third kappa shape index (κ3) is 3.19. The van der Waals surface area contributed by atoms with Gasteiger partial charge in [0.2, 0.25) is 5.91 Å². The number of piperazine rings is 1. The van der Waals surface area contributed by atoms with Gasteiger partial charge >= 0.3 is 0 Å². The van der Waals surface area contributed by atoms with Gasteiger partial charge in [0.05, 0.1) is 12.6 Å². The van der Waals surface area contributed by atoms with Gasteiger partial charge in [0.15, 0.2) is 0 Å². The smallest absolute Gasteiger partial charge is 0.241 e. The average Bonchev–Trinajstić information content (AvgIpc) is 3.07. The number of hydrogen-bond donors (Lipinski definition) is 1. The van der Waals surface area contributed by atoms with E-state index < -0.39 is 0 Å². The highest BCUT2D eigenvalue weighted by atomic mass is 16.2. The van der Waals surface area contributed by atoms with E-state index >= 15 is 0 Å². The Morgan fingerprint density at radius 2 is 2.20 bits per heavy atom. The number of amides is 1. The topological polar surface area (TPSA) is 53.4 Å². The van der Waals surface area contributed by atoms with Crippen LogP contribution >= 0.6 is 0 Å². The van der Waals surface area contributed by atoms with E-state index in [0.29, 0.717) is 6.54 Å². The molecule has 1 atom stereocenters. The summed E-state index contributed by atoms with van der Waals surface area (Å²) in [6, 6.07) is 8.42. The molecule has 0 aliphatic carbocycles. The zero-order valence-corrected chi connectivity index (χ0v) is 14.7. The number of aromatic nitrogens is 2. The van der Waals surface area contributed by atoms with Crippen LogP contribution in [-0.2, 0) is 18.3 Å². The Morgan fingerprint density at radius 1 is 1.32 bits per heavy atom. The highest BCUT2D eigenvalue weighted by Crippen LogP contribution is 2.27. The Bertz CT molecular complexity index is 756. The lowest BCUT2D eigenvalue weighted by Crippen LogP contribution is -2.51. The molecule has 6 heteroatoms. The van der Waals surface area contributed by atoms with E-state index in [1.165, 1.54) is 5.56 Å². The SMILES string of the molecule is Cn1ccnc1C1CNCCN1CC(=O)N1CCCc2ccccc21. The average molecular weight is 339 g/mol. The number of carbonyl (C=O) groups is 1. The number of fused-ring (bicyclic) bond motifs is 1. The first kappa shape index (κ1) is 16.3. The molecule has 1 fully saturated rings. The first-order valence-corrected chi connectivity index (χ1v) is 9.04. The number of aryl methyl sites for hydroxylation is 2. The Balaban J connectivity index is 1.53. The number of nitrogens with one attached hydrogen (secondary N) is 1. The predicted molar refractivity (Wildman–Crippen MR) is 97.5 cm³/mol. The summed E-state index contributed by atoms with van der Waals surface area (Å²) in [5, 5.41) is 3.43. The summed E-state index contributed by atoms with van der Waals surface area (Å²) in [7, 11) is 2.01. The summed E-state index contributed by atoms with van der Waals surface area (Å²) >= 11 is 0. The minimum atomic E-state index is 0.137. The first-order valence-electron chi connectivity index (χ1n) is 9.04. The van der Waals surface area contributed by atoms with Crippen LogP contribution in [0.25, 0.3) is 0 Å². The number of rotatable bonds is 3. The van der Waals surface area contributed by atoms with Gasteiger partial charge in [-0.25, -0.2) is 4.98 Å². The van der Waals surface area contributed by atoms with Crippen molar-refractivity contribution in [2.45, 2.75) is 18.9 Å². The van der Waals surface area contributed by atoms with Crippen LogP contribution in [0.2, 0.25) is 0 Å². The molecule has 132 valence electrons. The number of para-hydroxylation sites is 1. The maximum absolute atomic E-state index is 13.1. The molecule has 1 amide bonds.